The molecule has 0 radical (unpaired) electrons. The minimum Gasteiger partial charge on any atom is -0.395 e. The van der Waals surface area contributed by atoms with Crippen LogP contribution in [0.4, 0.5) is 0 Å². The molecule has 0 aromatic rings. The van der Waals surface area contributed by atoms with Crippen LogP contribution >= 0.6 is 0 Å². The number of aliphatic hydroxyl groups is 2. The Labute approximate surface area is 108 Å². The van der Waals surface area contributed by atoms with Crippen LogP contribution in [0.1, 0.15) is 25.7 Å². The molecule has 0 unspecified atom stereocenters. The molecule has 0 heterocycles. The second kappa shape index (κ2) is 9.85. The van der Waals surface area contributed by atoms with Gasteiger partial charge in [-0.2, -0.15) is 0 Å². The van der Waals surface area contributed by atoms with Gasteiger partial charge >= 0.3 is 0 Å². The molecule has 106 valence electrons. The number of unbranched alkanes of at least 4 members (excludes halogenated alkanes) is 1. The minimum absolute atomic E-state index is 0.0137. The van der Waals surface area contributed by atoms with Crippen LogP contribution in [0.3, 0.4) is 0 Å². The third-order valence-corrected chi connectivity index (χ3v) is 2.75. The molecule has 0 aliphatic heterocycles. The van der Waals surface area contributed by atoms with Gasteiger partial charge in [0, 0.05) is 40.0 Å². The Hall–Kier alpha value is -1.14. The summed E-state index contributed by atoms with van der Waals surface area (Å²) in [7, 11) is 3.30. The van der Waals surface area contributed by atoms with E-state index in [0.717, 1.165) is 0 Å². The standard InChI is InChI=1S/C12H24N2O4/c1-13(7-9-15)11(17)5-3-4-6-12(18)14(2)8-10-16/h15-16H,3-10H2,1-2H3. The van der Waals surface area contributed by atoms with Gasteiger partial charge in [0.15, 0.2) is 0 Å². The molecular formula is C12H24N2O4. The Morgan fingerprint density at radius 1 is 0.833 bits per heavy atom. The van der Waals surface area contributed by atoms with E-state index in [0.29, 0.717) is 38.8 Å². The first-order valence-corrected chi connectivity index (χ1v) is 6.22. The Morgan fingerprint density at radius 3 is 1.44 bits per heavy atom. The van der Waals surface area contributed by atoms with Crippen molar-refractivity contribution in [2.24, 2.45) is 0 Å². The number of rotatable bonds is 9. The normalized spacial score (nSPS) is 10.2. The maximum absolute atomic E-state index is 11.5. The van der Waals surface area contributed by atoms with Gasteiger partial charge in [-0.05, 0) is 12.8 Å². The SMILES string of the molecule is CN(CCO)C(=O)CCCCC(=O)N(C)CCO. The fourth-order valence-electron chi connectivity index (χ4n) is 1.48. The highest BCUT2D eigenvalue weighted by Crippen LogP contribution is 2.04. The average molecular weight is 260 g/mol. The lowest BCUT2D eigenvalue weighted by Crippen LogP contribution is -2.30. The number of carbonyl (C=O) groups is 2. The summed E-state index contributed by atoms with van der Waals surface area (Å²) in [6, 6.07) is 0. The van der Waals surface area contributed by atoms with Gasteiger partial charge in [-0.15, -0.1) is 0 Å². The van der Waals surface area contributed by atoms with E-state index >= 15 is 0 Å². The lowest BCUT2D eigenvalue weighted by Gasteiger charge is -2.16. The van der Waals surface area contributed by atoms with Gasteiger partial charge in [0.25, 0.3) is 0 Å². The van der Waals surface area contributed by atoms with Crippen LogP contribution in [0.25, 0.3) is 0 Å². The summed E-state index contributed by atoms with van der Waals surface area (Å²) in [6.45, 7) is 0.618. The molecule has 0 aromatic heterocycles. The highest BCUT2D eigenvalue weighted by Gasteiger charge is 2.10. The maximum atomic E-state index is 11.5. The van der Waals surface area contributed by atoms with Crippen molar-refractivity contribution in [3.63, 3.8) is 0 Å². The van der Waals surface area contributed by atoms with E-state index in [1.54, 1.807) is 14.1 Å². The van der Waals surface area contributed by atoms with E-state index in [-0.39, 0.29) is 25.0 Å². The summed E-state index contributed by atoms with van der Waals surface area (Å²) in [5.74, 6) is -0.0274. The van der Waals surface area contributed by atoms with E-state index in [2.05, 4.69) is 0 Å². The van der Waals surface area contributed by atoms with Gasteiger partial charge in [0.05, 0.1) is 13.2 Å². The van der Waals surface area contributed by atoms with Crippen molar-refractivity contribution in [3.05, 3.63) is 0 Å². The molecular weight excluding hydrogens is 236 g/mol. The Morgan fingerprint density at radius 2 is 1.17 bits per heavy atom. The van der Waals surface area contributed by atoms with Gasteiger partial charge in [0.1, 0.15) is 0 Å². The zero-order chi connectivity index (χ0) is 14.0. The molecule has 18 heavy (non-hydrogen) atoms. The fourth-order valence-corrected chi connectivity index (χ4v) is 1.48. The third kappa shape index (κ3) is 7.24. The number of likely N-dealkylation sites (N-methyl/N-ethyl adjacent to an activating group) is 2. The highest BCUT2D eigenvalue weighted by molar-refractivity contribution is 5.77. The fraction of sp³-hybridized carbons (Fsp3) is 0.833. The van der Waals surface area contributed by atoms with Crippen molar-refractivity contribution >= 4 is 11.8 Å². The van der Waals surface area contributed by atoms with Crippen LogP contribution in [0.2, 0.25) is 0 Å². The molecule has 0 bridgehead atoms. The van der Waals surface area contributed by atoms with E-state index in [4.69, 9.17) is 10.2 Å². The quantitative estimate of drug-likeness (QED) is 0.545. The number of hydrogen-bond donors (Lipinski definition) is 2. The first-order chi connectivity index (χ1) is 8.52. The number of amides is 2. The Kier molecular flexibility index (Phi) is 9.22. The third-order valence-electron chi connectivity index (χ3n) is 2.75. The number of nitrogens with zero attached hydrogens (tertiary/aromatic N) is 2. The molecule has 0 atom stereocenters. The topological polar surface area (TPSA) is 81.1 Å². The molecule has 0 aromatic carbocycles. The maximum Gasteiger partial charge on any atom is 0.222 e. The Balaban J connectivity index is 3.67. The van der Waals surface area contributed by atoms with E-state index in [9.17, 15) is 9.59 Å². The minimum atomic E-state index is -0.0350. The zero-order valence-electron chi connectivity index (χ0n) is 11.3. The van der Waals surface area contributed by atoms with E-state index < -0.39 is 0 Å². The molecule has 2 amide bonds. The van der Waals surface area contributed by atoms with Gasteiger partial charge in [0.2, 0.25) is 11.8 Å². The van der Waals surface area contributed by atoms with Crippen molar-refractivity contribution in [1.82, 2.24) is 9.80 Å². The summed E-state index contributed by atoms with van der Waals surface area (Å²) in [6.07, 6.45) is 2.11. The number of hydrogen-bond acceptors (Lipinski definition) is 4. The average Bonchev–Trinajstić information content (AvgIpc) is 2.34. The van der Waals surface area contributed by atoms with Gasteiger partial charge < -0.3 is 20.0 Å². The number of carbonyl (C=O) groups excluding carboxylic acids is 2. The summed E-state index contributed by atoms with van der Waals surface area (Å²) < 4.78 is 0. The van der Waals surface area contributed by atoms with Crippen LogP contribution in [-0.4, -0.2) is 72.2 Å². The molecule has 2 N–H and O–H groups in total. The number of aliphatic hydroxyl groups excluding tert-OH is 2. The van der Waals surface area contributed by atoms with Crippen LogP contribution in [-0.2, 0) is 9.59 Å². The lowest BCUT2D eigenvalue weighted by molar-refractivity contribution is -0.132. The summed E-state index contributed by atoms with van der Waals surface area (Å²) >= 11 is 0. The summed E-state index contributed by atoms with van der Waals surface area (Å²) in [4.78, 5) is 26.0. The lowest BCUT2D eigenvalue weighted by atomic mass is 10.1. The van der Waals surface area contributed by atoms with Crippen LogP contribution in [0, 0.1) is 0 Å². The van der Waals surface area contributed by atoms with E-state index in [1.165, 1.54) is 9.80 Å². The van der Waals surface area contributed by atoms with Crippen molar-refractivity contribution in [1.29, 1.82) is 0 Å². The molecule has 0 spiro atoms. The molecule has 0 fully saturated rings. The van der Waals surface area contributed by atoms with Crippen molar-refractivity contribution in [2.75, 3.05) is 40.4 Å². The molecule has 0 saturated carbocycles. The first-order valence-electron chi connectivity index (χ1n) is 6.22. The monoisotopic (exact) mass is 260 g/mol. The smallest absolute Gasteiger partial charge is 0.222 e. The first kappa shape index (κ1) is 16.9. The molecule has 0 aliphatic rings. The molecule has 6 heteroatoms. The molecule has 6 nitrogen and oxygen atoms in total. The largest absolute Gasteiger partial charge is 0.395 e. The van der Waals surface area contributed by atoms with Crippen molar-refractivity contribution in [3.8, 4) is 0 Å². The molecule has 0 rings (SSSR count). The second-order valence-electron chi connectivity index (χ2n) is 4.28. The van der Waals surface area contributed by atoms with Crippen molar-refractivity contribution < 1.29 is 19.8 Å². The molecule has 0 aliphatic carbocycles. The summed E-state index contributed by atoms with van der Waals surface area (Å²) in [5.41, 5.74) is 0. The van der Waals surface area contributed by atoms with Gasteiger partial charge in [-0.25, -0.2) is 0 Å². The molecule has 0 saturated heterocycles. The van der Waals surface area contributed by atoms with Crippen LogP contribution in [0.5, 0.6) is 0 Å². The second-order valence-corrected chi connectivity index (χ2v) is 4.28. The summed E-state index contributed by atoms with van der Waals surface area (Å²) in [5, 5.41) is 17.4. The highest BCUT2D eigenvalue weighted by atomic mass is 16.3. The van der Waals surface area contributed by atoms with E-state index in [1.807, 2.05) is 0 Å². The van der Waals surface area contributed by atoms with Gasteiger partial charge in [-0.3, -0.25) is 9.59 Å². The predicted molar refractivity (Wildman–Crippen MR) is 67.9 cm³/mol. The predicted octanol–water partition coefficient (Wildman–Crippen LogP) is -0.552. The zero-order valence-corrected chi connectivity index (χ0v) is 11.3. The van der Waals surface area contributed by atoms with Crippen LogP contribution in [0.15, 0.2) is 0 Å². The Bertz CT molecular complexity index is 232. The van der Waals surface area contributed by atoms with Crippen molar-refractivity contribution in [2.45, 2.75) is 25.7 Å². The van der Waals surface area contributed by atoms with Crippen LogP contribution < -0.4 is 0 Å². The van der Waals surface area contributed by atoms with Gasteiger partial charge in [-0.1, -0.05) is 0 Å².